The van der Waals surface area contributed by atoms with E-state index in [1.54, 1.807) is 18.2 Å². The molecule has 1 heterocycles. The van der Waals surface area contributed by atoms with Gasteiger partial charge in [-0.2, -0.15) is 0 Å². The number of anilines is 1. The third-order valence-electron chi connectivity index (χ3n) is 2.98. The molecule has 4 nitrogen and oxygen atoms in total. The highest BCUT2D eigenvalue weighted by atomic mass is 32.2. The largest absolute Gasteiger partial charge is 0.383 e. The lowest BCUT2D eigenvalue weighted by atomic mass is 10.2. The topological polar surface area (TPSA) is 58.2 Å². The van der Waals surface area contributed by atoms with Crippen LogP contribution < -0.4 is 10.6 Å². The van der Waals surface area contributed by atoms with Gasteiger partial charge in [-0.3, -0.25) is 0 Å². The molecule has 0 aliphatic carbocycles. The van der Waals surface area contributed by atoms with Crippen LogP contribution in [0.2, 0.25) is 0 Å². The van der Waals surface area contributed by atoms with Crippen molar-refractivity contribution < 1.29 is 8.42 Å². The molecule has 0 bridgehead atoms. The van der Waals surface area contributed by atoms with Crippen LogP contribution in [-0.2, 0) is 9.84 Å². The van der Waals surface area contributed by atoms with Crippen LogP contribution in [0.15, 0.2) is 29.2 Å². The molecule has 2 N–H and O–H groups in total. The molecule has 0 aromatic heterocycles. The third-order valence-corrected chi connectivity index (χ3v) is 4.09. The van der Waals surface area contributed by atoms with Crippen molar-refractivity contribution in [2.24, 2.45) is 0 Å². The van der Waals surface area contributed by atoms with Crippen LogP contribution in [0.3, 0.4) is 0 Å². The molecule has 17 heavy (non-hydrogen) atoms. The van der Waals surface area contributed by atoms with Crippen molar-refractivity contribution in [1.29, 1.82) is 0 Å². The summed E-state index contributed by atoms with van der Waals surface area (Å²) in [7, 11) is -3.12. The number of nitrogens with one attached hydrogen (secondary N) is 2. The number of hydrogen-bond acceptors (Lipinski definition) is 4. The zero-order chi connectivity index (χ0) is 12.3. The molecule has 1 aromatic carbocycles. The van der Waals surface area contributed by atoms with Gasteiger partial charge in [0.05, 0.1) is 4.90 Å². The minimum absolute atomic E-state index is 0.363. The summed E-state index contributed by atoms with van der Waals surface area (Å²) in [5.41, 5.74) is 0.863. The van der Waals surface area contributed by atoms with Crippen molar-refractivity contribution in [2.75, 3.05) is 24.7 Å². The van der Waals surface area contributed by atoms with Crippen molar-refractivity contribution in [3.63, 3.8) is 0 Å². The lowest BCUT2D eigenvalue weighted by molar-refractivity contribution is 0.602. The highest BCUT2D eigenvalue weighted by Gasteiger charge is 2.13. The van der Waals surface area contributed by atoms with Crippen molar-refractivity contribution in [3.8, 4) is 0 Å². The highest BCUT2D eigenvalue weighted by Crippen LogP contribution is 2.15. The lowest BCUT2D eigenvalue weighted by Gasteiger charge is -2.13. The predicted molar refractivity (Wildman–Crippen MR) is 69.1 cm³/mol. The first-order valence-electron chi connectivity index (χ1n) is 5.83. The molecule has 0 spiro atoms. The Morgan fingerprint density at radius 2 is 2.29 bits per heavy atom. The van der Waals surface area contributed by atoms with Gasteiger partial charge < -0.3 is 10.6 Å². The fraction of sp³-hybridized carbons (Fsp3) is 0.500. The van der Waals surface area contributed by atoms with Gasteiger partial charge in [-0.1, -0.05) is 6.07 Å². The molecule has 5 heteroatoms. The van der Waals surface area contributed by atoms with Crippen LogP contribution in [-0.4, -0.2) is 33.8 Å². The van der Waals surface area contributed by atoms with Gasteiger partial charge in [0.2, 0.25) is 0 Å². The zero-order valence-corrected chi connectivity index (χ0v) is 10.8. The second-order valence-corrected chi connectivity index (χ2v) is 6.49. The van der Waals surface area contributed by atoms with E-state index >= 15 is 0 Å². The first-order valence-corrected chi connectivity index (χ1v) is 7.72. The minimum Gasteiger partial charge on any atom is -0.383 e. The summed E-state index contributed by atoms with van der Waals surface area (Å²) in [6.45, 7) is 1.92. The van der Waals surface area contributed by atoms with Crippen molar-refractivity contribution in [1.82, 2.24) is 5.32 Å². The summed E-state index contributed by atoms with van der Waals surface area (Å²) < 4.78 is 22.8. The molecule has 1 unspecified atom stereocenters. The molecule has 1 aliphatic rings. The molecule has 94 valence electrons. The molecule has 0 radical (unpaired) electrons. The summed E-state index contributed by atoms with van der Waals surface area (Å²) in [5, 5.41) is 6.66. The van der Waals surface area contributed by atoms with Gasteiger partial charge in [-0.15, -0.1) is 0 Å². The molecule has 1 saturated heterocycles. The van der Waals surface area contributed by atoms with Gasteiger partial charge in [0.15, 0.2) is 9.84 Å². The second kappa shape index (κ2) is 5.06. The zero-order valence-electron chi connectivity index (χ0n) is 9.94. The molecule has 1 fully saturated rings. The van der Waals surface area contributed by atoms with Crippen molar-refractivity contribution in [2.45, 2.75) is 23.8 Å². The van der Waals surface area contributed by atoms with Crippen molar-refractivity contribution >= 4 is 15.5 Å². The molecule has 0 amide bonds. The maximum Gasteiger partial charge on any atom is 0.175 e. The maximum absolute atomic E-state index is 11.4. The Morgan fingerprint density at radius 1 is 1.47 bits per heavy atom. The fourth-order valence-corrected chi connectivity index (χ4v) is 2.68. The lowest BCUT2D eigenvalue weighted by Crippen LogP contribution is -2.29. The Kier molecular flexibility index (Phi) is 3.69. The molecular formula is C12H18N2O2S. The highest BCUT2D eigenvalue weighted by molar-refractivity contribution is 7.90. The van der Waals surface area contributed by atoms with Gasteiger partial charge in [-0.05, 0) is 37.6 Å². The average Bonchev–Trinajstić information content (AvgIpc) is 2.78. The Labute approximate surface area is 102 Å². The SMILES string of the molecule is CS(=O)(=O)c1cccc(NCC2CCCN2)c1. The number of hydrogen-bond donors (Lipinski definition) is 2. The van der Waals surface area contributed by atoms with E-state index in [2.05, 4.69) is 10.6 Å². The summed E-state index contributed by atoms with van der Waals surface area (Å²) >= 11 is 0. The third kappa shape index (κ3) is 3.44. The molecular weight excluding hydrogens is 236 g/mol. The Morgan fingerprint density at radius 3 is 2.94 bits per heavy atom. The second-order valence-electron chi connectivity index (χ2n) is 4.47. The quantitative estimate of drug-likeness (QED) is 0.849. The minimum atomic E-state index is -3.12. The first kappa shape index (κ1) is 12.4. The van der Waals surface area contributed by atoms with E-state index in [0.29, 0.717) is 10.9 Å². The van der Waals surface area contributed by atoms with E-state index in [4.69, 9.17) is 0 Å². The van der Waals surface area contributed by atoms with Gasteiger partial charge in [-0.25, -0.2) is 8.42 Å². The van der Waals surface area contributed by atoms with Gasteiger partial charge in [0.1, 0.15) is 0 Å². The molecule has 1 aromatic rings. The summed E-state index contributed by atoms with van der Waals surface area (Å²) in [4.78, 5) is 0.363. The standard InChI is InChI=1S/C12H18N2O2S/c1-17(15,16)12-6-2-4-10(8-12)14-9-11-5-3-7-13-11/h2,4,6,8,11,13-14H,3,5,7,9H2,1H3. The number of benzene rings is 1. The number of rotatable bonds is 4. The van der Waals surface area contributed by atoms with Crippen LogP contribution in [0.1, 0.15) is 12.8 Å². The van der Waals surface area contributed by atoms with E-state index in [1.807, 2.05) is 6.07 Å². The molecule has 1 atom stereocenters. The van der Waals surface area contributed by atoms with Crippen LogP contribution in [0.4, 0.5) is 5.69 Å². The van der Waals surface area contributed by atoms with Crippen molar-refractivity contribution in [3.05, 3.63) is 24.3 Å². The molecule has 1 aliphatic heterocycles. The fourth-order valence-electron chi connectivity index (χ4n) is 2.01. The van der Waals surface area contributed by atoms with Crippen LogP contribution in [0.25, 0.3) is 0 Å². The monoisotopic (exact) mass is 254 g/mol. The average molecular weight is 254 g/mol. The molecule has 0 saturated carbocycles. The first-order chi connectivity index (χ1) is 8.05. The molecule has 2 rings (SSSR count). The van der Waals surface area contributed by atoms with E-state index in [1.165, 1.54) is 19.1 Å². The van der Waals surface area contributed by atoms with E-state index in [-0.39, 0.29) is 0 Å². The van der Waals surface area contributed by atoms with Crippen LogP contribution in [0, 0.1) is 0 Å². The van der Waals surface area contributed by atoms with Crippen LogP contribution in [0.5, 0.6) is 0 Å². The normalized spacial score (nSPS) is 20.4. The van der Waals surface area contributed by atoms with E-state index < -0.39 is 9.84 Å². The number of sulfone groups is 1. The Hall–Kier alpha value is -1.07. The van der Waals surface area contributed by atoms with Gasteiger partial charge in [0, 0.05) is 24.5 Å². The van der Waals surface area contributed by atoms with Gasteiger partial charge >= 0.3 is 0 Å². The smallest absolute Gasteiger partial charge is 0.175 e. The van der Waals surface area contributed by atoms with Gasteiger partial charge in [0.25, 0.3) is 0 Å². The summed E-state index contributed by atoms with van der Waals surface area (Å²) in [6.07, 6.45) is 3.62. The van der Waals surface area contributed by atoms with Crippen LogP contribution >= 0.6 is 0 Å². The summed E-state index contributed by atoms with van der Waals surface area (Å²) in [5.74, 6) is 0. The predicted octanol–water partition coefficient (Wildman–Crippen LogP) is 1.25. The van der Waals surface area contributed by atoms with E-state index in [0.717, 1.165) is 18.8 Å². The summed E-state index contributed by atoms with van der Waals surface area (Å²) in [6, 6.07) is 7.46. The Balaban J connectivity index is 2.01. The Bertz CT molecular complexity index is 479. The maximum atomic E-state index is 11.4. The van der Waals surface area contributed by atoms with E-state index in [9.17, 15) is 8.42 Å².